The van der Waals surface area contributed by atoms with Crippen LogP contribution >= 0.6 is 0 Å². The van der Waals surface area contributed by atoms with Crippen molar-refractivity contribution in [3.05, 3.63) is 107 Å². The van der Waals surface area contributed by atoms with E-state index in [9.17, 15) is 0 Å². The van der Waals surface area contributed by atoms with Crippen LogP contribution in [0, 0.1) is 11.3 Å². The van der Waals surface area contributed by atoms with Crippen LogP contribution in [0.1, 0.15) is 85.6 Å². The summed E-state index contributed by atoms with van der Waals surface area (Å²) in [6.07, 6.45) is 15.5. The molecule has 0 aromatic heterocycles. The molecule has 0 spiro atoms. The monoisotopic (exact) mass is 507 g/mol. The average molecular weight is 508 g/mol. The third kappa shape index (κ3) is 7.54. The highest BCUT2D eigenvalue weighted by Crippen LogP contribution is 2.34. The first-order chi connectivity index (χ1) is 18.1. The molecule has 3 nitrogen and oxygen atoms in total. The van der Waals surface area contributed by atoms with Crippen molar-refractivity contribution < 1.29 is 0 Å². The normalized spacial score (nSPS) is 18.2. The summed E-state index contributed by atoms with van der Waals surface area (Å²) in [5, 5.41) is 11.7. The lowest BCUT2D eigenvalue weighted by Crippen LogP contribution is -2.10. The van der Waals surface area contributed by atoms with Crippen LogP contribution in [-0.2, 0) is 0 Å². The second kappa shape index (κ2) is 13.4. The van der Waals surface area contributed by atoms with Gasteiger partial charge >= 0.3 is 0 Å². The Morgan fingerprint density at radius 3 is 2.29 bits per heavy atom. The fraction of sp³-hybridized carbons (Fsp3) is 0.371. The second-order valence-corrected chi connectivity index (χ2v) is 10.8. The fourth-order valence-corrected chi connectivity index (χ4v) is 5.29. The molecule has 0 amide bonds. The molecular formula is C35H45N3. The summed E-state index contributed by atoms with van der Waals surface area (Å²) in [5.41, 5.74) is 11.9. The maximum atomic E-state index is 8.32. The number of aliphatic imine (C=N–C) groups is 1. The molecule has 3 rings (SSSR count). The Labute approximate surface area is 230 Å². The highest BCUT2D eigenvalue weighted by Gasteiger charge is 2.20. The molecule has 0 heterocycles. The molecule has 2 N–H and O–H groups in total. The first kappa shape index (κ1) is 29.1. The maximum absolute atomic E-state index is 8.32. The van der Waals surface area contributed by atoms with Gasteiger partial charge in [0.1, 0.15) is 5.82 Å². The summed E-state index contributed by atoms with van der Waals surface area (Å²) in [6, 6.07) is 8.46. The van der Waals surface area contributed by atoms with Gasteiger partial charge in [0.05, 0.1) is 5.71 Å². The minimum Gasteiger partial charge on any atom is -0.341 e. The van der Waals surface area contributed by atoms with Crippen molar-refractivity contribution in [2.45, 2.75) is 80.1 Å². The summed E-state index contributed by atoms with van der Waals surface area (Å²) < 4.78 is 0. The summed E-state index contributed by atoms with van der Waals surface area (Å²) >= 11 is 0. The summed E-state index contributed by atoms with van der Waals surface area (Å²) in [7, 11) is 0. The number of hydrogen-bond acceptors (Lipinski definition) is 3. The summed E-state index contributed by atoms with van der Waals surface area (Å²) in [4.78, 5) is 5.01. The Kier molecular flexibility index (Phi) is 10.2. The molecule has 38 heavy (non-hydrogen) atoms. The quantitative estimate of drug-likeness (QED) is 0.240. The van der Waals surface area contributed by atoms with Crippen molar-refractivity contribution in [1.29, 1.82) is 5.41 Å². The number of nitrogens with zero attached hydrogens (tertiary/aromatic N) is 1. The molecule has 2 aliphatic rings. The van der Waals surface area contributed by atoms with E-state index in [4.69, 9.17) is 10.4 Å². The van der Waals surface area contributed by atoms with Gasteiger partial charge in [0.15, 0.2) is 0 Å². The second-order valence-electron chi connectivity index (χ2n) is 10.8. The molecule has 0 saturated heterocycles. The van der Waals surface area contributed by atoms with Crippen LogP contribution in [0.2, 0.25) is 0 Å². The van der Waals surface area contributed by atoms with E-state index in [2.05, 4.69) is 95.6 Å². The van der Waals surface area contributed by atoms with Crippen molar-refractivity contribution in [3.63, 3.8) is 0 Å². The predicted molar refractivity (Wildman–Crippen MR) is 168 cm³/mol. The topological polar surface area (TPSA) is 48.2 Å². The van der Waals surface area contributed by atoms with Crippen LogP contribution in [0.3, 0.4) is 0 Å². The smallest absolute Gasteiger partial charge is 0.123 e. The van der Waals surface area contributed by atoms with Crippen LogP contribution in [0.15, 0.2) is 106 Å². The first-order valence-electron chi connectivity index (χ1n) is 13.9. The van der Waals surface area contributed by atoms with Gasteiger partial charge in [-0.1, -0.05) is 80.3 Å². The van der Waals surface area contributed by atoms with Crippen LogP contribution in [0.4, 0.5) is 5.69 Å². The van der Waals surface area contributed by atoms with E-state index < -0.39 is 0 Å². The number of rotatable bonds is 10. The fourth-order valence-electron chi connectivity index (χ4n) is 5.29. The molecule has 0 atom stereocenters. The molecule has 1 fully saturated rings. The zero-order chi connectivity index (χ0) is 27.8. The predicted octanol–water partition coefficient (Wildman–Crippen LogP) is 10.1. The van der Waals surface area contributed by atoms with Gasteiger partial charge in [-0.2, -0.15) is 0 Å². The largest absolute Gasteiger partial charge is 0.341 e. The maximum Gasteiger partial charge on any atom is 0.123 e. The van der Waals surface area contributed by atoms with Crippen LogP contribution in [0.5, 0.6) is 0 Å². The van der Waals surface area contributed by atoms with Crippen LogP contribution in [-0.4, -0.2) is 11.4 Å². The lowest BCUT2D eigenvalue weighted by atomic mass is 9.84. The van der Waals surface area contributed by atoms with Crippen molar-refractivity contribution in [1.82, 2.24) is 0 Å². The first-order valence-corrected chi connectivity index (χ1v) is 13.9. The van der Waals surface area contributed by atoms with Gasteiger partial charge in [-0.15, -0.1) is 0 Å². The zero-order valence-corrected chi connectivity index (χ0v) is 24.3. The number of hydrogen-bond donors (Lipinski definition) is 2. The number of nitrogens with one attached hydrogen (secondary N) is 2. The van der Waals surface area contributed by atoms with Gasteiger partial charge in [0.2, 0.25) is 0 Å². The molecule has 200 valence electrons. The summed E-state index contributed by atoms with van der Waals surface area (Å²) in [6.45, 7) is 20.8. The number of anilines is 1. The van der Waals surface area contributed by atoms with E-state index in [1.807, 2.05) is 13.0 Å². The van der Waals surface area contributed by atoms with Gasteiger partial charge in [-0.05, 0) is 112 Å². The SMILES string of the molecule is C=C(\N=C(CC1CCCC1)/C(=C\C)/C=C(\C)C(=C)C)Nc1ccc(/C(=C/C)C2=C(C)C(=N)C=C(C)C2)cc1. The van der Waals surface area contributed by atoms with Gasteiger partial charge in [-0.3, -0.25) is 0 Å². The van der Waals surface area contributed by atoms with Gasteiger partial charge in [0, 0.05) is 11.4 Å². The lowest BCUT2D eigenvalue weighted by Gasteiger charge is -2.21. The van der Waals surface area contributed by atoms with E-state index in [0.717, 1.165) is 46.5 Å². The lowest BCUT2D eigenvalue weighted by molar-refractivity contribution is 0.573. The van der Waals surface area contributed by atoms with Crippen LogP contribution in [0.25, 0.3) is 5.57 Å². The Hall–Kier alpha value is -3.46. The third-order valence-corrected chi connectivity index (χ3v) is 7.72. The number of benzene rings is 1. The highest BCUT2D eigenvalue weighted by molar-refractivity contribution is 6.10. The van der Waals surface area contributed by atoms with Gasteiger partial charge < -0.3 is 10.7 Å². The minimum atomic E-state index is 0.609. The molecule has 1 aromatic rings. The van der Waals surface area contributed by atoms with Crippen molar-refractivity contribution in [2.75, 3.05) is 5.32 Å². The van der Waals surface area contributed by atoms with E-state index >= 15 is 0 Å². The minimum absolute atomic E-state index is 0.609. The molecule has 1 aromatic carbocycles. The van der Waals surface area contributed by atoms with E-state index in [0.29, 0.717) is 17.5 Å². The van der Waals surface area contributed by atoms with E-state index in [1.165, 1.54) is 48.0 Å². The highest BCUT2D eigenvalue weighted by atomic mass is 15.0. The standard InChI is InChI=1S/C35H45N3/c1-9-29(21-25(6)23(3)4)35(22-28-13-11-12-14-28)38-27(8)37-31-17-15-30(16-18-31)32(10-2)33-19-24(5)20-34(36)26(33)7/h9-10,15-18,20-21,28,36-37H,3,8,11-14,19,22H2,1-2,4-7H3/b25-21+,29-9-,32-10-,36-34?,38-35-. The van der Waals surface area contributed by atoms with Gasteiger partial charge in [-0.25, -0.2) is 4.99 Å². The third-order valence-electron chi connectivity index (χ3n) is 7.72. The Bertz CT molecular complexity index is 1270. The average Bonchev–Trinajstić information content (AvgIpc) is 3.39. The molecule has 0 unspecified atom stereocenters. The molecule has 2 aliphatic carbocycles. The van der Waals surface area contributed by atoms with Gasteiger partial charge in [0.25, 0.3) is 0 Å². The molecule has 3 heteroatoms. The zero-order valence-electron chi connectivity index (χ0n) is 24.3. The van der Waals surface area contributed by atoms with Crippen LogP contribution < -0.4 is 5.32 Å². The van der Waals surface area contributed by atoms with E-state index in [1.54, 1.807) is 0 Å². The van der Waals surface area contributed by atoms with Crippen molar-refractivity contribution in [2.24, 2.45) is 10.9 Å². The molecule has 0 aliphatic heterocycles. The molecule has 0 radical (unpaired) electrons. The Balaban J connectivity index is 1.81. The summed E-state index contributed by atoms with van der Waals surface area (Å²) in [5.74, 6) is 1.34. The number of allylic oxidation sites excluding steroid dienone is 11. The Morgan fingerprint density at radius 1 is 1.05 bits per heavy atom. The van der Waals surface area contributed by atoms with E-state index in [-0.39, 0.29) is 0 Å². The Morgan fingerprint density at radius 2 is 1.71 bits per heavy atom. The molecular weight excluding hydrogens is 462 g/mol. The molecule has 1 saturated carbocycles. The van der Waals surface area contributed by atoms with Crippen molar-refractivity contribution >= 4 is 22.7 Å². The van der Waals surface area contributed by atoms with Crippen molar-refractivity contribution in [3.8, 4) is 0 Å². The molecule has 0 bridgehead atoms.